The van der Waals surface area contributed by atoms with E-state index in [2.05, 4.69) is 36.0 Å². The van der Waals surface area contributed by atoms with Crippen LogP contribution in [0.4, 0.5) is 32.2 Å². The Morgan fingerprint density at radius 3 is 2.65 bits per heavy atom. The lowest BCUT2D eigenvalue weighted by Gasteiger charge is -2.33. The zero-order valence-electron chi connectivity index (χ0n) is 20.7. The Labute approximate surface area is 222 Å². The van der Waals surface area contributed by atoms with E-state index < -0.39 is 36.5 Å². The van der Waals surface area contributed by atoms with Gasteiger partial charge in [0.05, 0.1) is 25.5 Å². The smallest absolute Gasteiger partial charge is 0.406 e. The minimum atomic E-state index is -4.94. The van der Waals surface area contributed by atoms with E-state index in [1.807, 2.05) is 0 Å². The molecular weight excluding hydrogens is 552 g/mol. The van der Waals surface area contributed by atoms with Crippen molar-refractivity contribution in [2.45, 2.75) is 51.0 Å². The van der Waals surface area contributed by atoms with Gasteiger partial charge in [0.25, 0.3) is 0 Å². The lowest BCUT2D eigenvalue weighted by Crippen LogP contribution is -2.51. The number of ether oxygens (including phenoxy) is 1. The van der Waals surface area contributed by atoms with Crippen LogP contribution in [0.15, 0.2) is 30.6 Å². The van der Waals surface area contributed by atoms with Gasteiger partial charge in [0.2, 0.25) is 5.91 Å². The zero-order chi connectivity index (χ0) is 28.9. The van der Waals surface area contributed by atoms with Crippen LogP contribution in [0.2, 0.25) is 0 Å². The highest BCUT2D eigenvalue weighted by atomic mass is 19.4. The predicted octanol–water partition coefficient (Wildman–Crippen LogP) is 1.71. The van der Waals surface area contributed by atoms with Gasteiger partial charge in [0, 0.05) is 38.2 Å². The Kier molecular flexibility index (Phi) is 9.21. The average molecular weight is 577 g/mol. The SMILES string of the molecule is O=C(CN1CC(F)C1)Nc1cn(CC(F)CCn2cc(C(O)NCc3cc(OC(F)(F)F)ccc3F)nn2)nn1. The molecule has 0 bridgehead atoms. The molecule has 40 heavy (non-hydrogen) atoms. The van der Waals surface area contributed by atoms with E-state index in [0.29, 0.717) is 0 Å². The Morgan fingerprint density at radius 1 is 1.18 bits per heavy atom. The molecule has 2 unspecified atom stereocenters. The second kappa shape index (κ2) is 12.6. The molecule has 2 aromatic heterocycles. The first-order valence-electron chi connectivity index (χ1n) is 12.0. The number of alkyl halides is 5. The van der Waals surface area contributed by atoms with E-state index in [4.69, 9.17) is 0 Å². The monoisotopic (exact) mass is 577 g/mol. The summed E-state index contributed by atoms with van der Waals surface area (Å²) < 4.78 is 84.7. The first-order chi connectivity index (χ1) is 18.9. The summed E-state index contributed by atoms with van der Waals surface area (Å²) in [6.45, 7) is -0.0126. The van der Waals surface area contributed by atoms with Crippen LogP contribution in [-0.2, 0) is 24.4 Å². The van der Waals surface area contributed by atoms with Gasteiger partial charge in [0.1, 0.15) is 29.6 Å². The second-order valence-corrected chi connectivity index (χ2v) is 9.04. The number of aliphatic hydroxyl groups is 1. The van der Waals surface area contributed by atoms with Crippen molar-refractivity contribution in [1.82, 2.24) is 40.2 Å². The molecule has 3 N–H and O–H groups in total. The molecule has 3 heterocycles. The number of anilines is 1. The van der Waals surface area contributed by atoms with Gasteiger partial charge in [-0.15, -0.1) is 23.4 Å². The highest BCUT2D eigenvalue weighted by molar-refractivity contribution is 5.91. The maximum Gasteiger partial charge on any atom is 0.573 e. The molecule has 0 aliphatic carbocycles. The Morgan fingerprint density at radius 2 is 1.93 bits per heavy atom. The molecule has 18 heteroatoms. The second-order valence-electron chi connectivity index (χ2n) is 9.04. The summed E-state index contributed by atoms with van der Waals surface area (Å²) in [5, 5.41) is 30.4. The molecule has 3 aromatic rings. The summed E-state index contributed by atoms with van der Waals surface area (Å²) in [6, 6.07) is 2.48. The molecule has 1 fully saturated rings. The fourth-order valence-electron chi connectivity index (χ4n) is 3.78. The van der Waals surface area contributed by atoms with Gasteiger partial charge in [-0.25, -0.2) is 17.9 Å². The van der Waals surface area contributed by atoms with Crippen LogP contribution in [0.25, 0.3) is 0 Å². The molecule has 0 radical (unpaired) electrons. The topological polar surface area (TPSA) is 135 Å². The number of hydrogen-bond acceptors (Lipinski definition) is 9. The molecule has 0 saturated carbocycles. The minimum absolute atomic E-state index is 0.00948. The van der Waals surface area contributed by atoms with Crippen molar-refractivity contribution in [3.63, 3.8) is 0 Å². The molecule has 1 saturated heterocycles. The Balaban J connectivity index is 1.20. The third-order valence-electron chi connectivity index (χ3n) is 5.72. The summed E-state index contributed by atoms with van der Waals surface area (Å²) in [4.78, 5) is 13.6. The quantitative estimate of drug-likeness (QED) is 0.205. The maximum absolute atomic E-state index is 14.5. The number of nitrogens with one attached hydrogen (secondary N) is 2. The Hall–Kier alpha value is -3.77. The van der Waals surface area contributed by atoms with Gasteiger partial charge in [-0.2, -0.15) is 0 Å². The van der Waals surface area contributed by atoms with Crippen molar-refractivity contribution in [2.75, 3.05) is 25.0 Å². The lowest BCUT2D eigenvalue weighted by atomic mass is 10.2. The van der Waals surface area contributed by atoms with Crippen LogP contribution in [-0.4, -0.2) is 84.2 Å². The number of amides is 1. The van der Waals surface area contributed by atoms with E-state index >= 15 is 0 Å². The van der Waals surface area contributed by atoms with E-state index in [1.54, 1.807) is 4.90 Å². The highest BCUT2D eigenvalue weighted by Gasteiger charge is 2.31. The van der Waals surface area contributed by atoms with E-state index in [1.165, 1.54) is 21.8 Å². The molecule has 2 atom stereocenters. The molecule has 1 aliphatic rings. The third-order valence-corrected chi connectivity index (χ3v) is 5.72. The fraction of sp³-hybridized carbons (Fsp3) is 0.500. The van der Waals surface area contributed by atoms with E-state index in [-0.39, 0.29) is 68.7 Å². The lowest BCUT2D eigenvalue weighted by molar-refractivity contribution is -0.274. The number of aliphatic hydroxyl groups excluding tert-OH is 1. The molecular formula is C22H25F6N9O3. The highest BCUT2D eigenvalue weighted by Crippen LogP contribution is 2.25. The number of rotatable bonds is 13. The van der Waals surface area contributed by atoms with Gasteiger partial charge in [-0.05, 0) is 18.2 Å². The van der Waals surface area contributed by atoms with Crippen LogP contribution in [0, 0.1) is 5.82 Å². The molecule has 0 spiro atoms. The van der Waals surface area contributed by atoms with Crippen molar-refractivity contribution < 1.29 is 41.0 Å². The summed E-state index contributed by atoms with van der Waals surface area (Å²) in [6.07, 6.45) is -6.00. The molecule has 4 rings (SSSR count). The van der Waals surface area contributed by atoms with Crippen LogP contribution in [0.3, 0.4) is 0 Å². The zero-order valence-corrected chi connectivity index (χ0v) is 20.7. The summed E-state index contributed by atoms with van der Waals surface area (Å²) in [5.74, 6) is -1.67. The number of carbonyl (C=O) groups is 1. The van der Waals surface area contributed by atoms with E-state index in [0.717, 1.165) is 18.2 Å². The van der Waals surface area contributed by atoms with Gasteiger partial charge >= 0.3 is 6.36 Å². The van der Waals surface area contributed by atoms with Crippen molar-refractivity contribution in [2.24, 2.45) is 0 Å². The van der Waals surface area contributed by atoms with Crippen molar-refractivity contribution in [3.05, 3.63) is 47.7 Å². The van der Waals surface area contributed by atoms with Gasteiger partial charge in [-0.3, -0.25) is 19.7 Å². The number of aryl methyl sites for hydroxylation is 1. The molecule has 1 amide bonds. The van der Waals surface area contributed by atoms with Crippen LogP contribution >= 0.6 is 0 Å². The van der Waals surface area contributed by atoms with Gasteiger partial charge < -0.3 is 15.2 Å². The number of nitrogens with zero attached hydrogens (tertiary/aromatic N) is 7. The van der Waals surface area contributed by atoms with Crippen molar-refractivity contribution in [1.29, 1.82) is 0 Å². The predicted molar refractivity (Wildman–Crippen MR) is 124 cm³/mol. The molecule has 12 nitrogen and oxygen atoms in total. The summed E-state index contributed by atoms with van der Waals surface area (Å²) in [7, 11) is 0. The third kappa shape index (κ3) is 8.62. The summed E-state index contributed by atoms with van der Waals surface area (Å²) >= 11 is 0. The number of aromatic nitrogens is 6. The van der Waals surface area contributed by atoms with Crippen LogP contribution < -0.4 is 15.4 Å². The minimum Gasteiger partial charge on any atom is -0.406 e. The first-order valence-corrected chi connectivity index (χ1v) is 12.0. The van der Waals surface area contributed by atoms with Crippen LogP contribution in [0.5, 0.6) is 5.75 Å². The fourth-order valence-corrected chi connectivity index (χ4v) is 3.78. The average Bonchev–Trinajstić information content (AvgIpc) is 3.50. The van der Waals surface area contributed by atoms with Gasteiger partial charge in [0.15, 0.2) is 12.0 Å². The number of benzene rings is 1. The summed E-state index contributed by atoms with van der Waals surface area (Å²) in [5.41, 5.74) is -0.161. The van der Waals surface area contributed by atoms with Gasteiger partial charge in [-0.1, -0.05) is 10.4 Å². The molecule has 1 aromatic carbocycles. The number of carbonyl (C=O) groups excluding carboxylic acids is 1. The van der Waals surface area contributed by atoms with Crippen molar-refractivity contribution in [3.8, 4) is 5.75 Å². The van der Waals surface area contributed by atoms with Crippen LogP contribution in [0.1, 0.15) is 23.9 Å². The molecule has 218 valence electrons. The standard InChI is InChI=1S/C22H25F6N9O3/c23-14(9-37-11-19(32-34-37)30-20(38)12-35-7-15(24)8-35)3-4-36-10-18(31-33-36)21(39)29-6-13-5-16(1-2-17(13)25)40-22(26,27)28/h1-2,5,10-11,14-15,21,29,39H,3-4,6-9,12H2,(H,30,38). The maximum atomic E-state index is 14.5. The first kappa shape index (κ1) is 29.2. The number of halogens is 6. The molecule has 1 aliphatic heterocycles. The Bertz CT molecular complexity index is 1280. The number of likely N-dealkylation sites (tertiary alicyclic amines) is 1. The largest absolute Gasteiger partial charge is 0.573 e. The van der Waals surface area contributed by atoms with E-state index in [9.17, 15) is 36.2 Å². The number of hydrogen-bond donors (Lipinski definition) is 3. The normalized spacial score (nSPS) is 16.0. The van der Waals surface area contributed by atoms with Crippen molar-refractivity contribution >= 4 is 11.7 Å².